The minimum Gasteiger partial charge on any atom is -0.357 e. The third-order valence-electron chi connectivity index (χ3n) is 5.15. The number of benzene rings is 2. The number of aromatic nitrogens is 1. The number of fused-ring (bicyclic) bond motifs is 1. The van der Waals surface area contributed by atoms with Gasteiger partial charge in [0.1, 0.15) is 0 Å². The van der Waals surface area contributed by atoms with Crippen LogP contribution in [0.5, 0.6) is 0 Å². The molecule has 3 amide bonds. The van der Waals surface area contributed by atoms with Crippen molar-refractivity contribution in [1.82, 2.24) is 15.6 Å². The smallest absolute Gasteiger partial charge is 0.315 e. The van der Waals surface area contributed by atoms with Gasteiger partial charge in [0, 0.05) is 29.4 Å². The molecule has 0 unspecified atom stereocenters. The first-order chi connectivity index (χ1) is 13.7. The van der Waals surface area contributed by atoms with Gasteiger partial charge in [-0.3, -0.25) is 4.79 Å². The molecule has 1 heterocycles. The van der Waals surface area contributed by atoms with Gasteiger partial charge >= 0.3 is 6.03 Å². The number of rotatable bonds is 6. The van der Waals surface area contributed by atoms with Crippen molar-refractivity contribution in [2.45, 2.75) is 32.4 Å². The fourth-order valence-electron chi connectivity index (χ4n) is 3.32. The zero-order chi connectivity index (χ0) is 19.3. The van der Waals surface area contributed by atoms with E-state index in [1.165, 1.54) is 0 Å². The van der Waals surface area contributed by atoms with Crippen LogP contribution in [0.4, 0.5) is 10.5 Å². The molecule has 0 bridgehead atoms. The molecule has 1 aromatic heterocycles. The van der Waals surface area contributed by atoms with Gasteiger partial charge < -0.3 is 20.9 Å². The predicted octanol–water partition coefficient (Wildman–Crippen LogP) is 3.91. The van der Waals surface area contributed by atoms with Crippen LogP contribution in [0.3, 0.4) is 0 Å². The maximum Gasteiger partial charge on any atom is 0.315 e. The summed E-state index contributed by atoms with van der Waals surface area (Å²) < 4.78 is 0. The highest BCUT2D eigenvalue weighted by Gasteiger charge is 2.25. The maximum absolute atomic E-state index is 12.1. The van der Waals surface area contributed by atoms with Crippen LogP contribution in [0.1, 0.15) is 30.5 Å². The van der Waals surface area contributed by atoms with E-state index in [4.69, 9.17) is 0 Å². The van der Waals surface area contributed by atoms with Crippen LogP contribution in [-0.2, 0) is 17.9 Å². The van der Waals surface area contributed by atoms with Crippen molar-refractivity contribution in [2.24, 2.45) is 5.92 Å². The Bertz CT molecular complexity index is 958. The van der Waals surface area contributed by atoms with Crippen molar-refractivity contribution >= 4 is 28.5 Å². The normalized spacial score (nSPS) is 13.7. The number of urea groups is 1. The zero-order valence-corrected chi connectivity index (χ0v) is 15.6. The molecule has 1 saturated carbocycles. The van der Waals surface area contributed by atoms with E-state index >= 15 is 0 Å². The molecule has 1 aliphatic rings. The molecule has 28 heavy (non-hydrogen) atoms. The van der Waals surface area contributed by atoms with E-state index in [2.05, 4.69) is 20.9 Å². The fourth-order valence-corrected chi connectivity index (χ4v) is 3.32. The van der Waals surface area contributed by atoms with E-state index in [1.807, 2.05) is 54.6 Å². The molecule has 1 fully saturated rings. The molecule has 4 rings (SSSR count). The average molecular weight is 376 g/mol. The lowest BCUT2D eigenvalue weighted by Crippen LogP contribution is -2.34. The Hall–Kier alpha value is -3.28. The number of H-pyrrole nitrogens is 1. The summed E-state index contributed by atoms with van der Waals surface area (Å²) in [7, 11) is 0. The van der Waals surface area contributed by atoms with Gasteiger partial charge in [-0.05, 0) is 48.1 Å². The number of amides is 3. The van der Waals surface area contributed by atoms with Crippen molar-refractivity contribution < 1.29 is 9.59 Å². The third kappa shape index (κ3) is 4.34. The SMILES string of the molecule is O=C(NCc1cccc(NC(=O)C2CCC2)c1)NCc1cc2ccccc2[nH]1. The average Bonchev–Trinajstić information content (AvgIpc) is 3.06. The molecule has 3 aromatic rings. The Kier molecular flexibility index (Phi) is 5.28. The highest BCUT2D eigenvalue weighted by molar-refractivity contribution is 5.93. The Morgan fingerprint density at radius 3 is 2.57 bits per heavy atom. The highest BCUT2D eigenvalue weighted by Crippen LogP contribution is 2.27. The summed E-state index contributed by atoms with van der Waals surface area (Å²) in [5.74, 6) is 0.240. The topological polar surface area (TPSA) is 86.0 Å². The minimum atomic E-state index is -0.234. The molecule has 6 heteroatoms. The van der Waals surface area contributed by atoms with Crippen LogP contribution in [0.25, 0.3) is 10.9 Å². The largest absolute Gasteiger partial charge is 0.357 e. The van der Waals surface area contributed by atoms with E-state index in [0.717, 1.165) is 47.1 Å². The summed E-state index contributed by atoms with van der Waals surface area (Å²) in [6.45, 7) is 0.823. The summed E-state index contributed by atoms with van der Waals surface area (Å²) in [5, 5.41) is 9.79. The monoisotopic (exact) mass is 376 g/mol. The highest BCUT2D eigenvalue weighted by atomic mass is 16.2. The van der Waals surface area contributed by atoms with E-state index in [9.17, 15) is 9.59 Å². The van der Waals surface area contributed by atoms with Gasteiger partial charge in [0.2, 0.25) is 5.91 Å². The molecule has 4 N–H and O–H groups in total. The molecular formula is C22H24N4O2. The fraction of sp³-hybridized carbons (Fsp3) is 0.273. The second-order valence-electron chi connectivity index (χ2n) is 7.24. The summed E-state index contributed by atoms with van der Waals surface area (Å²) in [6.07, 6.45) is 3.09. The standard InChI is InChI=1S/C22H24N4O2/c27-21(16-7-4-8-16)26-18-9-3-5-15(11-18)13-23-22(28)24-14-19-12-17-6-1-2-10-20(17)25-19/h1-3,5-6,9-12,16,25H,4,7-8,13-14H2,(H,26,27)(H2,23,24,28). The molecule has 0 spiro atoms. The first-order valence-electron chi connectivity index (χ1n) is 9.65. The van der Waals surface area contributed by atoms with Crippen molar-refractivity contribution in [2.75, 3.05) is 5.32 Å². The number of anilines is 1. The van der Waals surface area contributed by atoms with Crippen molar-refractivity contribution in [3.05, 3.63) is 65.9 Å². The lowest BCUT2D eigenvalue weighted by molar-refractivity contribution is -0.122. The van der Waals surface area contributed by atoms with Crippen molar-refractivity contribution in [3.63, 3.8) is 0 Å². The number of aromatic amines is 1. The zero-order valence-electron chi connectivity index (χ0n) is 15.6. The second-order valence-corrected chi connectivity index (χ2v) is 7.24. The quantitative estimate of drug-likeness (QED) is 0.526. The summed E-state index contributed by atoms with van der Waals surface area (Å²) in [5.41, 5.74) is 3.72. The second kappa shape index (κ2) is 8.17. The first kappa shape index (κ1) is 18.1. The van der Waals surface area contributed by atoms with Gasteiger partial charge in [-0.1, -0.05) is 36.8 Å². The molecule has 6 nitrogen and oxygen atoms in total. The van der Waals surface area contributed by atoms with Gasteiger partial charge in [-0.15, -0.1) is 0 Å². The number of para-hydroxylation sites is 1. The van der Waals surface area contributed by atoms with Crippen LogP contribution in [0.15, 0.2) is 54.6 Å². The lowest BCUT2D eigenvalue weighted by atomic mass is 9.85. The Morgan fingerprint density at radius 2 is 1.79 bits per heavy atom. The van der Waals surface area contributed by atoms with Crippen LogP contribution in [0, 0.1) is 5.92 Å². The molecule has 0 aliphatic heterocycles. The summed E-state index contributed by atoms with van der Waals surface area (Å²) in [4.78, 5) is 27.4. The Labute approximate surface area is 163 Å². The lowest BCUT2D eigenvalue weighted by Gasteiger charge is -2.24. The number of hydrogen-bond donors (Lipinski definition) is 4. The predicted molar refractivity (Wildman–Crippen MR) is 110 cm³/mol. The molecule has 0 radical (unpaired) electrons. The molecule has 2 aromatic carbocycles. The number of nitrogens with one attached hydrogen (secondary N) is 4. The number of carbonyl (C=O) groups is 2. The van der Waals surface area contributed by atoms with E-state index in [0.29, 0.717) is 13.1 Å². The van der Waals surface area contributed by atoms with Crippen LogP contribution in [0.2, 0.25) is 0 Å². The van der Waals surface area contributed by atoms with Crippen LogP contribution in [-0.4, -0.2) is 16.9 Å². The third-order valence-corrected chi connectivity index (χ3v) is 5.15. The molecule has 0 atom stereocenters. The maximum atomic E-state index is 12.1. The molecular weight excluding hydrogens is 352 g/mol. The molecule has 144 valence electrons. The summed E-state index contributed by atoms with van der Waals surface area (Å²) >= 11 is 0. The Balaban J connectivity index is 1.26. The first-order valence-corrected chi connectivity index (χ1v) is 9.65. The van der Waals surface area contributed by atoms with Gasteiger partial charge in [0.25, 0.3) is 0 Å². The van der Waals surface area contributed by atoms with Crippen LogP contribution < -0.4 is 16.0 Å². The number of carbonyl (C=O) groups excluding carboxylic acids is 2. The molecule has 1 aliphatic carbocycles. The Morgan fingerprint density at radius 1 is 0.964 bits per heavy atom. The summed E-state index contributed by atoms with van der Waals surface area (Å²) in [6, 6.07) is 17.4. The van der Waals surface area contributed by atoms with Crippen molar-refractivity contribution in [3.8, 4) is 0 Å². The van der Waals surface area contributed by atoms with Crippen LogP contribution >= 0.6 is 0 Å². The van der Waals surface area contributed by atoms with Gasteiger partial charge in [-0.25, -0.2) is 4.79 Å². The van der Waals surface area contributed by atoms with Gasteiger partial charge in [0.05, 0.1) is 6.54 Å². The van der Waals surface area contributed by atoms with E-state index in [-0.39, 0.29) is 17.9 Å². The van der Waals surface area contributed by atoms with Crippen molar-refractivity contribution in [1.29, 1.82) is 0 Å². The molecule has 0 saturated heterocycles. The van der Waals surface area contributed by atoms with E-state index < -0.39 is 0 Å². The van der Waals surface area contributed by atoms with Gasteiger partial charge in [0.15, 0.2) is 0 Å². The van der Waals surface area contributed by atoms with E-state index in [1.54, 1.807) is 0 Å². The number of hydrogen-bond acceptors (Lipinski definition) is 2. The minimum absolute atomic E-state index is 0.0902. The van der Waals surface area contributed by atoms with Gasteiger partial charge in [-0.2, -0.15) is 0 Å².